The maximum absolute atomic E-state index is 8.94. The van der Waals surface area contributed by atoms with Crippen LogP contribution in [0.15, 0.2) is 0 Å². The van der Waals surface area contributed by atoms with E-state index in [4.69, 9.17) is 9.84 Å². The Morgan fingerprint density at radius 2 is 2.00 bits per heavy atom. The molecule has 0 amide bonds. The number of rotatable bonds is 6. The van der Waals surface area contributed by atoms with Crippen molar-refractivity contribution in [2.45, 2.75) is 52.2 Å². The Bertz CT molecular complexity index is 81.6. The number of hydrogen-bond donors (Lipinski definition) is 1. The molecule has 0 heterocycles. The lowest BCUT2D eigenvalue weighted by Gasteiger charge is -2.15. The Morgan fingerprint density at radius 1 is 1.36 bits per heavy atom. The zero-order chi connectivity index (χ0) is 8.69. The van der Waals surface area contributed by atoms with E-state index in [-0.39, 0.29) is 6.10 Å². The Balaban J connectivity index is 3.35. The topological polar surface area (TPSA) is 29.5 Å². The van der Waals surface area contributed by atoms with Crippen molar-refractivity contribution in [3.63, 3.8) is 0 Å². The molecule has 0 radical (unpaired) electrons. The van der Waals surface area contributed by atoms with E-state index in [1.807, 2.05) is 0 Å². The Kier molecular flexibility index (Phi) is 6.57. The summed E-state index contributed by atoms with van der Waals surface area (Å²) in [5.74, 6) is 0. The van der Waals surface area contributed by atoms with E-state index in [0.29, 0.717) is 12.7 Å². The van der Waals surface area contributed by atoms with E-state index in [1.165, 1.54) is 0 Å². The van der Waals surface area contributed by atoms with E-state index >= 15 is 0 Å². The number of hydrogen-bond acceptors (Lipinski definition) is 2. The highest BCUT2D eigenvalue weighted by Gasteiger charge is 2.05. The van der Waals surface area contributed by atoms with E-state index in [1.54, 1.807) is 6.92 Å². The standard InChI is InChI=1S/C9H20O2/c1-4-6-9(5-2)11-7-8(3)10/h8-10H,4-7H2,1-3H3. The van der Waals surface area contributed by atoms with Gasteiger partial charge in [0.25, 0.3) is 0 Å². The molecule has 0 fully saturated rings. The van der Waals surface area contributed by atoms with E-state index < -0.39 is 0 Å². The molecule has 2 heteroatoms. The van der Waals surface area contributed by atoms with Crippen molar-refractivity contribution in [1.29, 1.82) is 0 Å². The third-order valence-electron chi connectivity index (χ3n) is 1.64. The van der Waals surface area contributed by atoms with Crippen LogP contribution in [0.5, 0.6) is 0 Å². The lowest BCUT2D eigenvalue weighted by Crippen LogP contribution is -2.18. The van der Waals surface area contributed by atoms with Crippen molar-refractivity contribution >= 4 is 0 Å². The lowest BCUT2D eigenvalue weighted by atomic mass is 10.1. The van der Waals surface area contributed by atoms with Crippen LogP contribution in [0.4, 0.5) is 0 Å². The Labute approximate surface area is 69.6 Å². The molecule has 0 aliphatic carbocycles. The Hall–Kier alpha value is -0.0800. The maximum Gasteiger partial charge on any atom is 0.0745 e. The molecule has 0 rings (SSSR count). The molecule has 0 aliphatic heterocycles. The summed E-state index contributed by atoms with van der Waals surface area (Å²) in [5, 5.41) is 8.94. The average molecular weight is 160 g/mol. The van der Waals surface area contributed by atoms with Crippen molar-refractivity contribution in [2.75, 3.05) is 6.61 Å². The molecule has 1 N–H and O–H groups in total. The van der Waals surface area contributed by atoms with Gasteiger partial charge in [-0.3, -0.25) is 0 Å². The highest BCUT2D eigenvalue weighted by atomic mass is 16.5. The first kappa shape index (κ1) is 10.9. The van der Waals surface area contributed by atoms with Crippen LogP contribution in [0.25, 0.3) is 0 Å². The maximum atomic E-state index is 8.94. The van der Waals surface area contributed by atoms with Crippen LogP contribution in [0.1, 0.15) is 40.0 Å². The second-order valence-corrected chi connectivity index (χ2v) is 3.00. The van der Waals surface area contributed by atoms with E-state index in [2.05, 4.69) is 13.8 Å². The second-order valence-electron chi connectivity index (χ2n) is 3.00. The first-order chi connectivity index (χ1) is 5.20. The molecule has 11 heavy (non-hydrogen) atoms. The molecule has 2 nitrogen and oxygen atoms in total. The molecule has 2 unspecified atom stereocenters. The van der Waals surface area contributed by atoms with Crippen molar-refractivity contribution in [3.8, 4) is 0 Å². The highest BCUT2D eigenvalue weighted by Crippen LogP contribution is 2.06. The smallest absolute Gasteiger partial charge is 0.0745 e. The van der Waals surface area contributed by atoms with Crippen LogP contribution >= 0.6 is 0 Å². The van der Waals surface area contributed by atoms with Crippen LogP contribution in [0.3, 0.4) is 0 Å². The van der Waals surface area contributed by atoms with Gasteiger partial charge in [-0.05, 0) is 19.8 Å². The molecule has 0 spiro atoms. The van der Waals surface area contributed by atoms with Gasteiger partial charge in [0, 0.05) is 0 Å². The summed E-state index contributed by atoms with van der Waals surface area (Å²) in [5.41, 5.74) is 0. The fraction of sp³-hybridized carbons (Fsp3) is 1.00. The van der Waals surface area contributed by atoms with E-state index in [9.17, 15) is 0 Å². The minimum atomic E-state index is -0.332. The molecule has 0 saturated heterocycles. The van der Waals surface area contributed by atoms with Gasteiger partial charge in [0.15, 0.2) is 0 Å². The highest BCUT2D eigenvalue weighted by molar-refractivity contribution is 4.55. The average Bonchev–Trinajstić information content (AvgIpc) is 1.97. The summed E-state index contributed by atoms with van der Waals surface area (Å²) in [6.07, 6.45) is 3.30. The molecule has 0 saturated carbocycles. The molecule has 0 bridgehead atoms. The zero-order valence-electron chi connectivity index (χ0n) is 7.84. The molecule has 68 valence electrons. The summed E-state index contributed by atoms with van der Waals surface area (Å²) in [7, 11) is 0. The van der Waals surface area contributed by atoms with Gasteiger partial charge in [-0.1, -0.05) is 20.3 Å². The lowest BCUT2D eigenvalue weighted by molar-refractivity contribution is -0.00790. The third-order valence-corrected chi connectivity index (χ3v) is 1.64. The first-order valence-electron chi connectivity index (χ1n) is 4.50. The number of aliphatic hydroxyl groups is 1. The molecule has 0 aromatic rings. The molecule has 0 aromatic carbocycles. The van der Waals surface area contributed by atoms with Gasteiger partial charge >= 0.3 is 0 Å². The second kappa shape index (κ2) is 6.62. The van der Waals surface area contributed by atoms with E-state index in [0.717, 1.165) is 19.3 Å². The summed E-state index contributed by atoms with van der Waals surface area (Å²) < 4.78 is 5.44. The largest absolute Gasteiger partial charge is 0.391 e. The predicted octanol–water partition coefficient (Wildman–Crippen LogP) is 1.96. The molecular formula is C9H20O2. The third kappa shape index (κ3) is 6.32. The fourth-order valence-corrected chi connectivity index (χ4v) is 1.00. The van der Waals surface area contributed by atoms with Gasteiger partial charge in [-0.25, -0.2) is 0 Å². The SMILES string of the molecule is CCCC(CC)OCC(C)O. The van der Waals surface area contributed by atoms with Gasteiger partial charge in [0.05, 0.1) is 18.8 Å². The van der Waals surface area contributed by atoms with Crippen LogP contribution < -0.4 is 0 Å². The Morgan fingerprint density at radius 3 is 2.36 bits per heavy atom. The van der Waals surface area contributed by atoms with Gasteiger partial charge in [-0.2, -0.15) is 0 Å². The molecule has 0 aromatic heterocycles. The first-order valence-corrected chi connectivity index (χ1v) is 4.50. The number of ether oxygens (including phenoxy) is 1. The van der Waals surface area contributed by atoms with Crippen LogP contribution in [0, 0.1) is 0 Å². The zero-order valence-corrected chi connectivity index (χ0v) is 7.84. The van der Waals surface area contributed by atoms with Crippen molar-refractivity contribution in [2.24, 2.45) is 0 Å². The van der Waals surface area contributed by atoms with Crippen molar-refractivity contribution < 1.29 is 9.84 Å². The van der Waals surface area contributed by atoms with Gasteiger partial charge in [0.2, 0.25) is 0 Å². The van der Waals surface area contributed by atoms with Crippen molar-refractivity contribution in [1.82, 2.24) is 0 Å². The fourth-order valence-electron chi connectivity index (χ4n) is 1.00. The van der Waals surface area contributed by atoms with Gasteiger partial charge in [0.1, 0.15) is 0 Å². The van der Waals surface area contributed by atoms with Crippen LogP contribution in [-0.2, 0) is 4.74 Å². The minimum absolute atomic E-state index is 0.332. The summed E-state index contributed by atoms with van der Waals surface area (Å²) in [6.45, 7) is 6.48. The minimum Gasteiger partial charge on any atom is -0.391 e. The quantitative estimate of drug-likeness (QED) is 0.643. The molecule has 2 atom stereocenters. The predicted molar refractivity (Wildman–Crippen MR) is 46.6 cm³/mol. The number of aliphatic hydroxyl groups excluding tert-OH is 1. The normalized spacial score (nSPS) is 16.4. The molecular weight excluding hydrogens is 140 g/mol. The van der Waals surface area contributed by atoms with Crippen LogP contribution in [-0.4, -0.2) is 23.9 Å². The summed E-state index contributed by atoms with van der Waals surface area (Å²) in [6, 6.07) is 0. The van der Waals surface area contributed by atoms with Gasteiger partial charge in [-0.15, -0.1) is 0 Å². The van der Waals surface area contributed by atoms with Crippen molar-refractivity contribution in [3.05, 3.63) is 0 Å². The monoisotopic (exact) mass is 160 g/mol. The van der Waals surface area contributed by atoms with Crippen LogP contribution in [0.2, 0.25) is 0 Å². The summed E-state index contributed by atoms with van der Waals surface area (Å²) >= 11 is 0. The summed E-state index contributed by atoms with van der Waals surface area (Å²) in [4.78, 5) is 0. The van der Waals surface area contributed by atoms with Gasteiger partial charge < -0.3 is 9.84 Å². The molecule has 0 aliphatic rings.